The van der Waals surface area contributed by atoms with Crippen LogP contribution in [0.25, 0.3) is 5.69 Å². The van der Waals surface area contributed by atoms with Crippen molar-refractivity contribution in [3.05, 3.63) is 47.3 Å². The molecule has 106 valence electrons. The molecule has 0 radical (unpaired) electrons. The number of methoxy groups -OCH3 is 1. The van der Waals surface area contributed by atoms with Crippen molar-refractivity contribution >= 4 is 0 Å². The second-order valence-corrected chi connectivity index (χ2v) is 5.58. The summed E-state index contributed by atoms with van der Waals surface area (Å²) >= 11 is 0. The van der Waals surface area contributed by atoms with E-state index in [1.165, 1.54) is 35.5 Å². The number of aryl methyl sites for hydroxylation is 1. The van der Waals surface area contributed by atoms with Crippen LogP contribution in [-0.2, 0) is 6.54 Å². The number of aromatic nitrogens is 1. The molecule has 0 saturated heterocycles. The fourth-order valence-electron chi connectivity index (χ4n) is 2.68. The molecule has 3 rings (SSSR count). The third-order valence-electron chi connectivity index (χ3n) is 4.03. The molecule has 1 heterocycles. The fraction of sp³-hybridized carbons (Fsp3) is 0.412. The molecule has 1 N–H and O–H groups in total. The summed E-state index contributed by atoms with van der Waals surface area (Å²) in [5.41, 5.74) is 5.18. The van der Waals surface area contributed by atoms with Gasteiger partial charge in [0.25, 0.3) is 0 Å². The zero-order valence-corrected chi connectivity index (χ0v) is 12.4. The van der Waals surface area contributed by atoms with Gasteiger partial charge in [-0.1, -0.05) is 0 Å². The second-order valence-electron chi connectivity index (χ2n) is 5.58. The minimum atomic E-state index is 0.749. The molecule has 1 saturated carbocycles. The summed E-state index contributed by atoms with van der Waals surface area (Å²) in [7, 11) is 1.70. The van der Waals surface area contributed by atoms with Crippen molar-refractivity contribution in [2.75, 3.05) is 7.11 Å². The van der Waals surface area contributed by atoms with Gasteiger partial charge in [0, 0.05) is 29.7 Å². The number of nitrogens with zero attached hydrogens (tertiary/aromatic N) is 1. The first kappa shape index (κ1) is 13.3. The van der Waals surface area contributed by atoms with Gasteiger partial charge in [0.2, 0.25) is 0 Å². The van der Waals surface area contributed by atoms with Gasteiger partial charge in [0.15, 0.2) is 0 Å². The molecule has 3 heteroatoms. The normalized spacial score (nSPS) is 14.6. The van der Waals surface area contributed by atoms with Crippen molar-refractivity contribution in [1.82, 2.24) is 9.88 Å². The maximum Gasteiger partial charge on any atom is 0.119 e. The van der Waals surface area contributed by atoms with Gasteiger partial charge in [-0.25, -0.2) is 0 Å². The van der Waals surface area contributed by atoms with Crippen molar-refractivity contribution in [1.29, 1.82) is 0 Å². The average molecular weight is 270 g/mol. The van der Waals surface area contributed by atoms with Crippen molar-refractivity contribution in [2.24, 2.45) is 0 Å². The van der Waals surface area contributed by atoms with Gasteiger partial charge in [0.1, 0.15) is 5.75 Å². The molecule has 0 spiro atoms. The SMILES string of the molecule is COc1ccc(-n2c(C)cc(CNC3CC3)c2C)cc1. The Hall–Kier alpha value is -1.74. The van der Waals surface area contributed by atoms with E-state index in [2.05, 4.69) is 41.9 Å². The Labute approximate surface area is 120 Å². The molecule has 2 aromatic rings. The van der Waals surface area contributed by atoms with E-state index >= 15 is 0 Å². The van der Waals surface area contributed by atoms with E-state index < -0.39 is 0 Å². The summed E-state index contributed by atoms with van der Waals surface area (Å²) in [5.74, 6) is 0.895. The molecule has 3 nitrogen and oxygen atoms in total. The highest BCUT2D eigenvalue weighted by molar-refractivity contribution is 5.43. The van der Waals surface area contributed by atoms with Crippen LogP contribution in [0.5, 0.6) is 5.75 Å². The number of ether oxygens (including phenoxy) is 1. The first-order valence-electron chi connectivity index (χ1n) is 7.24. The van der Waals surface area contributed by atoms with E-state index in [9.17, 15) is 0 Å². The summed E-state index contributed by atoms with van der Waals surface area (Å²) in [5, 5.41) is 3.59. The molecule has 1 aliphatic rings. The lowest BCUT2D eigenvalue weighted by molar-refractivity contribution is 0.414. The van der Waals surface area contributed by atoms with E-state index in [4.69, 9.17) is 4.74 Å². The first-order chi connectivity index (χ1) is 9.69. The van der Waals surface area contributed by atoms with Crippen LogP contribution in [0.2, 0.25) is 0 Å². The van der Waals surface area contributed by atoms with Gasteiger partial charge in [-0.05, 0) is 62.6 Å². The Morgan fingerprint density at radius 2 is 1.90 bits per heavy atom. The Balaban J connectivity index is 1.87. The summed E-state index contributed by atoms with van der Waals surface area (Å²) in [4.78, 5) is 0. The highest BCUT2D eigenvalue weighted by Crippen LogP contribution is 2.24. The van der Waals surface area contributed by atoms with Crippen molar-refractivity contribution in [3.63, 3.8) is 0 Å². The Kier molecular flexibility index (Phi) is 3.53. The van der Waals surface area contributed by atoms with Crippen molar-refractivity contribution < 1.29 is 4.74 Å². The third-order valence-corrected chi connectivity index (χ3v) is 4.03. The molecular formula is C17H22N2O. The number of benzene rings is 1. The molecule has 20 heavy (non-hydrogen) atoms. The minimum absolute atomic E-state index is 0.749. The lowest BCUT2D eigenvalue weighted by atomic mass is 10.2. The lowest BCUT2D eigenvalue weighted by Gasteiger charge is -2.11. The van der Waals surface area contributed by atoms with Crippen LogP contribution < -0.4 is 10.1 Å². The molecule has 1 aliphatic carbocycles. The average Bonchev–Trinajstić information content (AvgIpc) is 3.24. The Morgan fingerprint density at radius 3 is 2.50 bits per heavy atom. The summed E-state index contributed by atoms with van der Waals surface area (Å²) < 4.78 is 7.53. The smallest absolute Gasteiger partial charge is 0.119 e. The summed E-state index contributed by atoms with van der Waals surface area (Å²) in [6, 6.07) is 11.3. The molecule has 0 unspecified atom stereocenters. The minimum Gasteiger partial charge on any atom is -0.497 e. The highest BCUT2D eigenvalue weighted by atomic mass is 16.5. The summed E-state index contributed by atoms with van der Waals surface area (Å²) in [6.07, 6.45) is 2.66. The lowest BCUT2D eigenvalue weighted by Crippen LogP contribution is -2.15. The molecule has 1 aromatic carbocycles. The third kappa shape index (κ3) is 2.59. The zero-order chi connectivity index (χ0) is 14.1. The van der Waals surface area contributed by atoms with Gasteiger partial charge in [-0.3, -0.25) is 0 Å². The van der Waals surface area contributed by atoms with E-state index in [1.807, 2.05) is 12.1 Å². The van der Waals surface area contributed by atoms with Crippen LogP contribution in [-0.4, -0.2) is 17.7 Å². The molecule has 1 fully saturated rings. The maximum absolute atomic E-state index is 5.22. The van der Waals surface area contributed by atoms with Gasteiger partial charge in [0.05, 0.1) is 7.11 Å². The molecular weight excluding hydrogens is 248 g/mol. The quantitative estimate of drug-likeness (QED) is 0.901. The van der Waals surface area contributed by atoms with Crippen LogP contribution in [0.4, 0.5) is 0 Å². The largest absolute Gasteiger partial charge is 0.497 e. The fourth-order valence-corrected chi connectivity index (χ4v) is 2.68. The maximum atomic E-state index is 5.22. The Bertz CT molecular complexity index is 594. The van der Waals surface area contributed by atoms with Crippen molar-refractivity contribution in [3.8, 4) is 11.4 Å². The van der Waals surface area contributed by atoms with Crippen LogP contribution in [0, 0.1) is 13.8 Å². The predicted octanol–water partition coefficient (Wildman–Crippen LogP) is 3.35. The number of hydrogen-bond acceptors (Lipinski definition) is 2. The standard InChI is InChI=1S/C17H22N2O/c1-12-10-14(11-18-15-4-5-15)13(2)19(12)16-6-8-17(20-3)9-7-16/h6-10,15,18H,4-5,11H2,1-3H3. The van der Waals surface area contributed by atoms with Gasteiger partial charge >= 0.3 is 0 Å². The van der Waals surface area contributed by atoms with E-state index in [1.54, 1.807) is 7.11 Å². The monoisotopic (exact) mass is 270 g/mol. The van der Waals surface area contributed by atoms with Crippen LogP contribution >= 0.6 is 0 Å². The van der Waals surface area contributed by atoms with E-state index in [0.717, 1.165) is 18.3 Å². The van der Waals surface area contributed by atoms with Gasteiger partial charge < -0.3 is 14.6 Å². The van der Waals surface area contributed by atoms with Crippen molar-refractivity contribution in [2.45, 2.75) is 39.3 Å². The molecule has 0 atom stereocenters. The van der Waals surface area contributed by atoms with Crippen LogP contribution in [0.15, 0.2) is 30.3 Å². The highest BCUT2D eigenvalue weighted by Gasteiger charge is 2.21. The number of nitrogens with one attached hydrogen (secondary N) is 1. The molecule has 0 amide bonds. The van der Waals surface area contributed by atoms with Crippen LogP contribution in [0.3, 0.4) is 0 Å². The van der Waals surface area contributed by atoms with Gasteiger partial charge in [-0.2, -0.15) is 0 Å². The van der Waals surface area contributed by atoms with Crippen LogP contribution in [0.1, 0.15) is 29.8 Å². The number of hydrogen-bond donors (Lipinski definition) is 1. The second kappa shape index (κ2) is 5.33. The predicted molar refractivity (Wildman–Crippen MR) is 81.7 cm³/mol. The number of rotatable bonds is 5. The Morgan fingerprint density at radius 1 is 1.20 bits per heavy atom. The molecule has 0 aliphatic heterocycles. The molecule has 1 aromatic heterocycles. The first-order valence-corrected chi connectivity index (χ1v) is 7.24. The van der Waals surface area contributed by atoms with Gasteiger partial charge in [-0.15, -0.1) is 0 Å². The summed E-state index contributed by atoms with van der Waals surface area (Å²) in [6.45, 7) is 5.33. The van der Waals surface area contributed by atoms with E-state index in [-0.39, 0.29) is 0 Å². The topological polar surface area (TPSA) is 26.2 Å². The molecule has 0 bridgehead atoms. The van der Waals surface area contributed by atoms with E-state index in [0.29, 0.717) is 0 Å². The zero-order valence-electron chi connectivity index (χ0n) is 12.4.